The van der Waals surface area contributed by atoms with Crippen LogP contribution in [0, 0.1) is 5.92 Å². The Labute approximate surface area is 195 Å². The highest BCUT2D eigenvalue weighted by Gasteiger charge is 2.37. The molecule has 2 fully saturated rings. The highest BCUT2D eigenvalue weighted by Crippen LogP contribution is 2.29. The van der Waals surface area contributed by atoms with Crippen molar-refractivity contribution in [2.75, 3.05) is 29.9 Å². The molecule has 0 aromatic heterocycles. The minimum Gasteiger partial charge on any atom is -0.385 e. The van der Waals surface area contributed by atoms with E-state index < -0.39 is 14.8 Å². The van der Waals surface area contributed by atoms with Crippen LogP contribution in [0.15, 0.2) is 24.3 Å². The van der Waals surface area contributed by atoms with Gasteiger partial charge in [0, 0.05) is 37.1 Å². The van der Waals surface area contributed by atoms with E-state index in [4.69, 9.17) is 4.74 Å². The minimum absolute atomic E-state index is 0.0752. The second-order valence-corrected chi connectivity index (χ2v) is 12.3. The summed E-state index contributed by atoms with van der Waals surface area (Å²) in [6, 6.07) is 8.78. The third kappa shape index (κ3) is 6.17. The van der Waals surface area contributed by atoms with Crippen LogP contribution in [0.2, 0.25) is 0 Å². The van der Waals surface area contributed by atoms with Gasteiger partial charge in [0.25, 0.3) is 0 Å². The zero-order valence-corrected chi connectivity index (χ0v) is 21.4. The molecule has 2 aliphatic rings. The van der Waals surface area contributed by atoms with Gasteiger partial charge in [0.1, 0.15) is 0 Å². The lowest BCUT2D eigenvalue weighted by Crippen LogP contribution is -2.48. The summed E-state index contributed by atoms with van der Waals surface area (Å²) in [5.41, 5.74) is 2.39. The van der Waals surface area contributed by atoms with Crippen LogP contribution >= 0.6 is 0 Å². The fraction of sp³-hybridized carbons (Fsp3) is 0.760. The van der Waals surface area contributed by atoms with Crippen molar-refractivity contribution >= 4 is 21.4 Å². The second-order valence-electron chi connectivity index (χ2n) is 10.1. The minimum atomic E-state index is -3.29. The molecule has 6 nitrogen and oxygen atoms in total. The number of hydrogen-bond donors (Lipinski definition) is 2. The summed E-state index contributed by atoms with van der Waals surface area (Å²) in [6.07, 6.45) is 5.74. The predicted octanol–water partition coefficient (Wildman–Crippen LogP) is 4.77. The van der Waals surface area contributed by atoms with Crippen LogP contribution in [-0.2, 0) is 14.8 Å². The zero-order valence-electron chi connectivity index (χ0n) is 20.6. The lowest BCUT2D eigenvalue weighted by atomic mass is 9.86. The highest BCUT2D eigenvalue weighted by molar-refractivity contribution is 7.90. The molecule has 1 aliphatic carbocycles. The quantitative estimate of drug-likeness (QED) is 0.550. The summed E-state index contributed by atoms with van der Waals surface area (Å²) >= 11 is 0. The molecule has 1 aliphatic heterocycles. The molecule has 182 valence electrons. The van der Waals surface area contributed by atoms with E-state index in [0.717, 1.165) is 51.0 Å². The van der Waals surface area contributed by atoms with Gasteiger partial charge in [-0.1, -0.05) is 13.8 Å². The number of rotatable bonds is 9. The van der Waals surface area contributed by atoms with E-state index in [1.165, 1.54) is 5.69 Å². The average molecular weight is 466 g/mol. The Morgan fingerprint density at radius 3 is 2.09 bits per heavy atom. The first-order valence-electron chi connectivity index (χ1n) is 12.4. The monoisotopic (exact) mass is 465 g/mol. The zero-order chi connectivity index (χ0) is 23.4. The smallest absolute Gasteiger partial charge is 0.217 e. The highest BCUT2D eigenvalue weighted by atomic mass is 32.2. The maximum absolute atomic E-state index is 12.8. The first-order chi connectivity index (χ1) is 15.2. The van der Waals surface area contributed by atoms with Gasteiger partial charge in [0.2, 0.25) is 10.0 Å². The van der Waals surface area contributed by atoms with E-state index in [1.54, 1.807) is 0 Å². The molecule has 32 heavy (non-hydrogen) atoms. The van der Waals surface area contributed by atoms with Gasteiger partial charge in [-0.15, -0.1) is 0 Å². The van der Waals surface area contributed by atoms with Crippen LogP contribution in [0.3, 0.4) is 0 Å². The molecule has 1 aromatic carbocycles. The van der Waals surface area contributed by atoms with E-state index in [-0.39, 0.29) is 18.2 Å². The number of hydrogen-bond acceptors (Lipinski definition) is 5. The van der Waals surface area contributed by atoms with Crippen molar-refractivity contribution in [3.63, 3.8) is 0 Å². The molecular formula is C25H43N3O3S. The van der Waals surface area contributed by atoms with E-state index in [2.05, 4.69) is 53.1 Å². The standard InChI is InChI=1S/C25H43N3O3S/c1-6-25(5,7-2)32(29,30)27-23-10-8-21(9-11-23)16-26-22-12-14-24(15-13-22)28-17-19(3)31-20(4)18-28/h12-15,19-21,23,26-27H,6-11,16-18H2,1-5H3/t19-,20+,21?,23?. The van der Waals surface area contributed by atoms with Crippen molar-refractivity contribution in [1.29, 1.82) is 0 Å². The summed E-state index contributed by atoms with van der Waals surface area (Å²) in [5, 5.41) is 3.59. The molecule has 0 radical (unpaired) electrons. The molecule has 3 rings (SSSR count). The normalized spacial score (nSPS) is 27.3. The van der Waals surface area contributed by atoms with Crippen LogP contribution in [-0.4, -0.2) is 51.0 Å². The Morgan fingerprint density at radius 1 is 1.00 bits per heavy atom. The Balaban J connectivity index is 1.44. The van der Waals surface area contributed by atoms with Gasteiger partial charge in [-0.05, 0) is 89.5 Å². The molecule has 2 atom stereocenters. The molecule has 1 saturated heterocycles. The third-order valence-electron chi connectivity index (χ3n) is 7.56. The Morgan fingerprint density at radius 2 is 1.56 bits per heavy atom. The van der Waals surface area contributed by atoms with Crippen LogP contribution in [0.1, 0.15) is 73.1 Å². The number of nitrogens with one attached hydrogen (secondary N) is 2. The Kier molecular flexibility index (Phi) is 8.50. The molecule has 1 saturated carbocycles. The van der Waals surface area contributed by atoms with Crippen LogP contribution in [0.4, 0.5) is 11.4 Å². The van der Waals surface area contributed by atoms with Gasteiger partial charge in [-0.25, -0.2) is 13.1 Å². The number of anilines is 2. The van der Waals surface area contributed by atoms with Crippen molar-refractivity contribution in [3.05, 3.63) is 24.3 Å². The molecule has 0 amide bonds. The lowest BCUT2D eigenvalue weighted by molar-refractivity contribution is -0.00521. The van der Waals surface area contributed by atoms with Gasteiger partial charge >= 0.3 is 0 Å². The van der Waals surface area contributed by atoms with Crippen LogP contribution < -0.4 is 14.9 Å². The van der Waals surface area contributed by atoms with Crippen molar-refractivity contribution < 1.29 is 13.2 Å². The largest absolute Gasteiger partial charge is 0.385 e. The van der Waals surface area contributed by atoms with Crippen molar-refractivity contribution in [2.45, 2.75) is 96.1 Å². The SMILES string of the molecule is CCC(C)(CC)S(=O)(=O)NC1CCC(CNc2ccc(N3C[C@@H](C)O[C@@H](C)C3)cc2)CC1. The number of sulfonamides is 1. The third-order valence-corrected chi connectivity index (χ3v) is 10.1. The van der Waals surface area contributed by atoms with Gasteiger partial charge in [-0.3, -0.25) is 0 Å². The van der Waals surface area contributed by atoms with Crippen molar-refractivity contribution in [2.24, 2.45) is 5.92 Å². The summed E-state index contributed by atoms with van der Waals surface area (Å²) in [6.45, 7) is 12.8. The van der Waals surface area contributed by atoms with Gasteiger partial charge < -0.3 is 15.0 Å². The average Bonchev–Trinajstić information content (AvgIpc) is 2.77. The first kappa shape index (κ1) is 25.3. The molecule has 0 unspecified atom stereocenters. The number of ether oxygens (including phenoxy) is 1. The molecular weight excluding hydrogens is 422 g/mol. The molecule has 1 aromatic rings. The topological polar surface area (TPSA) is 70.7 Å². The van der Waals surface area contributed by atoms with Gasteiger partial charge in [-0.2, -0.15) is 0 Å². The number of benzene rings is 1. The van der Waals surface area contributed by atoms with Crippen LogP contribution in [0.25, 0.3) is 0 Å². The number of morpholine rings is 1. The van der Waals surface area contributed by atoms with E-state index >= 15 is 0 Å². The predicted molar refractivity (Wildman–Crippen MR) is 134 cm³/mol. The second kappa shape index (κ2) is 10.7. The fourth-order valence-electron chi connectivity index (χ4n) is 4.92. The lowest BCUT2D eigenvalue weighted by Gasteiger charge is -2.37. The van der Waals surface area contributed by atoms with Gasteiger partial charge in [0.05, 0.1) is 17.0 Å². The molecule has 0 spiro atoms. The van der Waals surface area contributed by atoms with Gasteiger partial charge in [0.15, 0.2) is 0 Å². The summed E-state index contributed by atoms with van der Waals surface area (Å²) in [7, 11) is -3.29. The molecule has 2 N–H and O–H groups in total. The Bertz CT molecular complexity index is 805. The summed E-state index contributed by atoms with van der Waals surface area (Å²) < 4.78 is 33.8. The molecule has 0 bridgehead atoms. The van der Waals surface area contributed by atoms with Crippen molar-refractivity contribution in [3.8, 4) is 0 Å². The van der Waals surface area contributed by atoms with E-state index in [0.29, 0.717) is 18.8 Å². The van der Waals surface area contributed by atoms with Crippen molar-refractivity contribution in [1.82, 2.24) is 4.72 Å². The van der Waals surface area contributed by atoms with E-state index in [1.807, 2.05) is 20.8 Å². The number of nitrogens with zero attached hydrogens (tertiary/aromatic N) is 1. The Hall–Kier alpha value is -1.31. The summed E-state index contributed by atoms with van der Waals surface area (Å²) in [4.78, 5) is 2.40. The fourth-order valence-corrected chi connectivity index (χ4v) is 6.64. The molecule has 7 heteroatoms. The van der Waals surface area contributed by atoms with Crippen LogP contribution in [0.5, 0.6) is 0 Å². The first-order valence-corrected chi connectivity index (χ1v) is 13.9. The summed E-state index contributed by atoms with van der Waals surface area (Å²) in [5.74, 6) is 0.583. The maximum Gasteiger partial charge on any atom is 0.217 e. The van der Waals surface area contributed by atoms with E-state index in [9.17, 15) is 8.42 Å². The molecule has 1 heterocycles. The maximum atomic E-state index is 12.8.